The molecule has 6 heteroatoms. The number of rotatable bonds is 7. The molecule has 0 saturated heterocycles. The van der Waals surface area contributed by atoms with Crippen LogP contribution in [0.3, 0.4) is 0 Å². The summed E-state index contributed by atoms with van der Waals surface area (Å²) >= 11 is 0. The highest BCUT2D eigenvalue weighted by molar-refractivity contribution is 14.0. The average molecular weight is 392 g/mol. The number of aliphatic hydroxyl groups excluding tert-OH is 1. The predicted octanol–water partition coefficient (Wildman–Crippen LogP) is 1.43. The number of aliphatic hydroxyl groups is 1. The summed E-state index contributed by atoms with van der Waals surface area (Å²) in [5.41, 5.74) is 0.0722. The summed E-state index contributed by atoms with van der Waals surface area (Å²) in [6, 6.07) is 4.05. The van der Waals surface area contributed by atoms with Crippen LogP contribution in [0.5, 0.6) is 0 Å². The van der Waals surface area contributed by atoms with Crippen LogP contribution in [0, 0.1) is 5.41 Å². The predicted molar refractivity (Wildman–Crippen MR) is 92.6 cm³/mol. The number of nitrogens with zero attached hydrogens (tertiary/aromatic N) is 2. The van der Waals surface area contributed by atoms with E-state index in [9.17, 15) is 5.11 Å². The van der Waals surface area contributed by atoms with Crippen LogP contribution in [0.4, 0.5) is 0 Å². The minimum Gasteiger partial charge on any atom is -0.396 e. The van der Waals surface area contributed by atoms with Gasteiger partial charge in [0.2, 0.25) is 0 Å². The van der Waals surface area contributed by atoms with E-state index in [1.54, 1.807) is 0 Å². The van der Waals surface area contributed by atoms with Crippen LogP contribution in [0.25, 0.3) is 0 Å². The first-order chi connectivity index (χ1) is 9.28. The van der Waals surface area contributed by atoms with E-state index in [0.29, 0.717) is 6.54 Å². The van der Waals surface area contributed by atoms with Gasteiger partial charge in [0.1, 0.15) is 0 Å². The number of guanidine groups is 1. The molecule has 0 amide bonds. The highest BCUT2D eigenvalue weighted by Gasteiger charge is 2.41. The smallest absolute Gasteiger partial charge is 0.191 e. The molecule has 1 aromatic heterocycles. The molecule has 2 rings (SSSR count). The van der Waals surface area contributed by atoms with E-state index in [4.69, 9.17) is 0 Å². The number of halogens is 1. The second-order valence-electron chi connectivity index (χ2n) is 5.20. The Hall–Kier alpha value is -0.760. The molecule has 1 aromatic rings. The Kier molecular flexibility index (Phi) is 7.36. The fourth-order valence-electron chi connectivity index (χ4n) is 1.95. The number of nitrogens with one attached hydrogen (secondary N) is 2. The van der Waals surface area contributed by atoms with Gasteiger partial charge in [-0.3, -0.25) is 4.99 Å². The minimum atomic E-state index is 0. The highest BCUT2D eigenvalue weighted by atomic mass is 127. The zero-order valence-electron chi connectivity index (χ0n) is 12.0. The van der Waals surface area contributed by atoms with Crippen molar-refractivity contribution in [2.45, 2.75) is 26.3 Å². The van der Waals surface area contributed by atoms with E-state index in [-0.39, 0.29) is 36.0 Å². The summed E-state index contributed by atoms with van der Waals surface area (Å²) in [4.78, 5) is 4.56. The molecule has 0 atom stereocenters. The van der Waals surface area contributed by atoms with E-state index in [2.05, 4.69) is 39.5 Å². The fraction of sp³-hybridized carbons (Fsp3) is 0.643. The summed E-state index contributed by atoms with van der Waals surface area (Å²) in [5.74, 6) is 0.842. The maximum absolute atomic E-state index is 9.29. The van der Waals surface area contributed by atoms with E-state index in [1.807, 2.05) is 12.1 Å². The molecule has 5 nitrogen and oxygen atoms in total. The van der Waals surface area contributed by atoms with Crippen molar-refractivity contribution in [3.05, 3.63) is 24.5 Å². The van der Waals surface area contributed by atoms with Crippen molar-refractivity contribution in [2.75, 3.05) is 26.2 Å². The third-order valence-corrected chi connectivity index (χ3v) is 3.54. The fourth-order valence-corrected chi connectivity index (χ4v) is 1.95. The van der Waals surface area contributed by atoms with E-state index < -0.39 is 0 Å². The van der Waals surface area contributed by atoms with Crippen LogP contribution < -0.4 is 10.6 Å². The lowest BCUT2D eigenvalue weighted by atomic mass is 10.1. The van der Waals surface area contributed by atoms with Crippen molar-refractivity contribution in [1.29, 1.82) is 0 Å². The summed E-state index contributed by atoms with van der Waals surface area (Å²) < 4.78 is 2.13. The Bertz CT molecular complexity index is 401. The summed E-state index contributed by atoms with van der Waals surface area (Å²) in [5, 5.41) is 15.8. The molecule has 20 heavy (non-hydrogen) atoms. The summed E-state index contributed by atoms with van der Waals surface area (Å²) in [6.07, 6.45) is 6.29. The van der Waals surface area contributed by atoms with Gasteiger partial charge in [0.15, 0.2) is 5.96 Å². The maximum atomic E-state index is 9.29. The zero-order chi connectivity index (χ0) is 13.6. The highest BCUT2D eigenvalue weighted by Crippen LogP contribution is 2.45. The average Bonchev–Trinajstić information content (AvgIpc) is 3.03. The molecule has 1 saturated carbocycles. The molecule has 3 N–H and O–H groups in total. The molecule has 0 bridgehead atoms. The normalized spacial score (nSPS) is 16.4. The summed E-state index contributed by atoms with van der Waals surface area (Å²) in [6.45, 7) is 5.63. The van der Waals surface area contributed by atoms with E-state index in [1.165, 1.54) is 0 Å². The number of hydrogen-bond acceptors (Lipinski definition) is 2. The Balaban J connectivity index is 0.00000200. The van der Waals surface area contributed by atoms with Gasteiger partial charge in [-0.15, -0.1) is 24.0 Å². The van der Waals surface area contributed by atoms with E-state index >= 15 is 0 Å². The van der Waals surface area contributed by atoms with Crippen LogP contribution in [0.2, 0.25) is 0 Å². The van der Waals surface area contributed by atoms with Crippen LogP contribution in [0.1, 0.15) is 19.8 Å². The Labute approximate surface area is 137 Å². The lowest BCUT2D eigenvalue weighted by molar-refractivity contribution is 0.217. The molecule has 1 aliphatic rings. The molecule has 0 aromatic carbocycles. The maximum Gasteiger partial charge on any atom is 0.191 e. The second kappa shape index (κ2) is 8.51. The Morgan fingerprint density at radius 3 is 2.55 bits per heavy atom. The van der Waals surface area contributed by atoms with Gasteiger partial charge >= 0.3 is 0 Å². The first-order valence-electron chi connectivity index (χ1n) is 7.02. The van der Waals surface area contributed by atoms with Crippen LogP contribution >= 0.6 is 24.0 Å². The number of hydrogen-bond donors (Lipinski definition) is 3. The van der Waals surface area contributed by atoms with Crippen molar-refractivity contribution in [3.63, 3.8) is 0 Å². The van der Waals surface area contributed by atoms with Crippen molar-refractivity contribution in [3.8, 4) is 0 Å². The molecule has 1 aliphatic carbocycles. The molecular formula is C14H25IN4O. The first-order valence-corrected chi connectivity index (χ1v) is 7.02. The second-order valence-corrected chi connectivity index (χ2v) is 5.20. The first kappa shape index (κ1) is 17.3. The van der Waals surface area contributed by atoms with Gasteiger partial charge in [0, 0.05) is 37.4 Å². The molecular weight excluding hydrogens is 367 g/mol. The van der Waals surface area contributed by atoms with Crippen molar-refractivity contribution in [2.24, 2.45) is 10.4 Å². The standard InChI is InChI=1S/C14H24N4O.HI/c1-2-15-13(17-11-14(12-19)5-6-14)16-7-10-18-8-3-4-9-18;/h3-4,8-9,19H,2,5-7,10-12H2,1H3,(H2,15,16,17);1H. The third kappa shape index (κ3) is 5.32. The van der Waals surface area contributed by atoms with Gasteiger partial charge in [-0.25, -0.2) is 0 Å². The van der Waals surface area contributed by atoms with Gasteiger partial charge in [0.25, 0.3) is 0 Å². The molecule has 1 fully saturated rings. The van der Waals surface area contributed by atoms with Crippen molar-refractivity contribution < 1.29 is 5.11 Å². The minimum absolute atomic E-state index is 0. The number of aromatic nitrogens is 1. The SMILES string of the molecule is CCNC(=NCC1(CO)CC1)NCCn1cccc1.I. The van der Waals surface area contributed by atoms with Gasteiger partial charge in [-0.1, -0.05) is 0 Å². The van der Waals surface area contributed by atoms with Gasteiger partial charge in [-0.05, 0) is 31.9 Å². The third-order valence-electron chi connectivity index (χ3n) is 3.54. The van der Waals surface area contributed by atoms with Crippen LogP contribution in [0.15, 0.2) is 29.5 Å². The lowest BCUT2D eigenvalue weighted by Gasteiger charge is -2.14. The van der Waals surface area contributed by atoms with Crippen molar-refractivity contribution in [1.82, 2.24) is 15.2 Å². The zero-order valence-corrected chi connectivity index (χ0v) is 14.3. The van der Waals surface area contributed by atoms with E-state index in [0.717, 1.165) is 38.4 Å². The molecule has 114 valence electrons. The quantitative estimate of drug-likeness (QED) is 0.374. The van der Waals surface area contributed by atoms with Gasteiger partial charge in [-0.2, -0.15) is 0 Å². The van der Waals surface area contributed by atoms with Gasteiger partial charge in [0.05, 0.1) is 13.2 Å². The lowest BCUT2D eigenvalue weighted by Crippen LogP contribution is -2.39. The topological polar surface area (TPSA) is 61.6 Å². The van der Waals surface area contributed by atoms with Crippen molar-refractivity contribution >= 4 is 29.9 Å². The molecule has 0 aliphatic heterocycles. The number of aliphatic imine (C=N–C) groups is 1. The molecule has 0 unspecified atom stereocenters. The van der Waals surface area contributed by atoms with Crippen LogP contribution in [-0.2, 0) is 6.54 Å². The molecule has 1 heterocycles. The molecule has 0 radical (unpaired) electrons. The van der Waals surface area contributed by atoms with Crippen LogP contribution in [-0.4, -0.2) is 41.9 Å². The van der Waals surface area contributed by atoms with Gasteiger partial charge < -0.3 is 20.3 Å². The monoisotopic (exact) mass is 392 g/mol. The largest absolute Gasteiger partial charge is 0.396 e. The Morgan fingerprint density at radius 2 is 2.00 bits per heavy atom. The molecule has 0 spiro atoms. The Morgan fingerprint density at radius 1 is 1.30 bits per heavy atom. The summed E-state index contributed by atoms with van der Waals surface area (Å²) in [7, 11) is 0.